The third-order valence-corrected chi connectivity index (χ3v) is 0.772. The van der Waals surface area contributed by atoms with E-state index in [2.05, 4.69) is 18.8 Å². The van der Waals surface area contributed by atoms with Crippen LogP contribution >= 0.6 is 0 Å². The molecule has 46 valence electrons. The Kier molecular flexibility index (Phi) is 4.04. The number of likely N-dealkylation sites (N-methyl/N-ethyl adjacent to an activating group) is 1. The Bertz CT molecular complexity index is 92.6. The van der Waals surface area contributed by atoms with Gasteiger partial charge < -0.3 is 5.32 Å². The standard InChI is InChI=1S/C7H13N/c1-4-6-7(3)8-5-2/h4,6,8H,3,5H2,1-2H3/b6-4-. The molecule has 0 aliphatic rings. The van der Waals surface area contributed by atoms with Crippen molar-refractivity contribution >= 4 is 0 Å². The third-order valence-electron chi connectivity index (χ3n) is 0.772. The summed E-state index contributed by atoms with van der Waals surface area (Å²) in [4.78, 5) is 0. The molecule has 0 bridgehead atoms. The fourth-order valence-electron chi connectivity index (χ4n) is 0.487. The normalized spacial score (nSPS) is 9.75. The van der Waals surface area contributed by atoms with Crippen molar-refractivity contribution in [1.29, 1.82) is 0 Å². The van der Waals surface area contributed by atoms with Crippen molar-refractivity contribution in [3.05, 3.63) is 24.4 Å². The zero-order chi connectivity index (χ0) is 6.41. The minimum atomic E-state index is 0.948. The molecule has 0 rings (SSSR count). The quantitative estimate of drug-likeness (QED) is 0.546. The molecule has 0 aromatic heterocycles. The summed E-state index contributed by atoms with van der Waals surface area (Å²) >= 11 is 0. The van der Waals surface area contributed by atoms with Crippen molar-refractivity contribution in [2.45, 2.75) is 13.8 Å². The monoisotopic (exact) mass is 111 g/mol. The average Bonchev–Trinajstić information content (AvgIpc) is 1.68. The van der Waals surface area contributed by atoms with Crippen molar-refractivity contribution < 1.29 is 0 Å². The van der Waals surface area contributed by atoms with Gasteiger partial charge in [0.2, 0.25) is 0 Å². The van der Waals surface area contributed by atoms with E-state index in [0.717, 1.165) is 12.2 Å². The molecule has 0 aromatic carbocycles. The summed E-state index contributed by atoms with van der Waals surface area (Å²) in [5.74, 6) is 0. The van der Waals surface area contributed by atoms with Crippen molar-refractivity contribution in [2.75, 3.05) is 6.54 Å². The lowest BCUT2D eigenvalue weighted by molar-refractivity contribution is 0.882. The Morgan fingerprint density at radius 3 is 2.75 bits per heavy atom. The van der Waals surface area contributed by atoms with Crippen LogP contribution in [0.3, 0.4) is 0 Å². The molecule has 1 N–H and O–H groups in total. The van der Waals surface area contributed by atoms with Gasteiger partial charge in [0.15, 0.2) is 0 Å². The van der Waals surface area contributed by atoms with Crippen LogP contribution in [0.15, 0.2) is 24.4 Å². The molecule has 0 saturated heterocycles. The van der Waals surface area contributed by atoms with Gasteiger partial charge in [0, 0.05) is 12.2 Å². The van der Waals surface area contributed by atoms with Crippen LogP contribution in [0.1, 0.15) is 13.8 Å². The number of hydrogen-bond acceptors (Lipinski definition) is 1. The van der Waals surface area contributed by atoms with Crippen LogP contribution in [0.25, 0.3) is 0 Å². The second-order valence-electron chi connectivity index (χ2n) is 1.56. The topological polar surface area (TPSA) is 12.0 Å². The van der Waals surface area contributed by atoms with Gasteiger partial charge in [0.25, 0.3) is 0 Å². The molecular formula is C7H13N. The second kappa shape index (κ2) is 4.44. The Hall–Kier alpha value is -0.720. The van der Waals surface area contributed by atoms with Gasteiger partial charge in [0.05, 0.1) is 0 Å². The average molecular weight is 111 g/mol. The van der Waals surface area contributed by atoms with Crippen LogP contribution in [-0.2, 0) is 0 Å². The van der Waals surface area contributed by atoms with Gasteiger partial charge in [-0.3, -0.25) is 0 Å². The summed E-state index contributed by atoms with van der Waals surface area (Å²) in [7, 11) is 0. The van der Waals surface area contributed by atoms with Gasteiger partial charge in [-0.15, -0.1) is 0 Å². The molecule has 0 unspecified atom stereocenters. The maximum atomic E-state index is 3.74. The first-order valence-corrected chi connectivity index (χ1v) is 2.86. The van der Waals surface area contributed by atoms with E-state index >= 15 is 0 Å². The van der Waals surface area contributed by atoms with Gasteiger partial charge in [-0.05, 0) is 19.9 Å². The molecule has 0 aliphatic carbocycles. The van der Waals surface area contributed by atoms with Crippen LogP contribution in [0.5, 0.6) is 0 Å². The molecule has 0 saturated carbocycles. The molecular weight excluding hydrogens is 98.1 g/mol. The molecule has 1 heteroatoms. The maximum Gasteiger partial charge on any atom is 0.0263 e. The molecule has 0 aromatic rings. The van der Waals surface area contributed by atoms with Crippen LogP contribution < -0.4 is 5.32 Å². The van der Waals surface area contributed by atoms with E-state index in [0.29, 0.717) is 0 Å². The summed E-state index contributed by atoms with van der Waals surface area (Å²) in [6.07, 6.45) is 3.91. The minimum Gasteiger partial charge on any atom is -0.386 e. The Labute approximate surface area is 51.1 Å². The van der Waals surface area contributed by atoms with Gasteiger partial charge in [-0.25, -0.2) is 0 Å². The molecule has 0 amide bonds. The highest BCUT2D eigenvalue weighted by Gasteiger charge is 1.77. The van der Waals surface area contributed by atoms with Gasteiger partial charge in [0.1, 0.15) is 0 Å². The van der Waals surface area contributed by atoms with Gasteiger partial charge in [-0.1, -0.05) is 12.7 Å². The van der Waals surface area contributed by atoms with E-state index in [1.54, 1.807) is 0 Å². The fourth-order valence-corrected chi connectivity index (χ4v) is 0.487. The summed E-state index contributed by atoms with van der Waals surface area (Å²) in [5, 5.41) is 3.07. The lowest BCUT2D eigenvalue weighted by Gasteiger charge is -1.97. The van der Waals surface area contributed by atoms with Crippen LogP contribution in [0.2, 0.25) is 0 Å². The molecule has 1 nitrogen and oxygen atoms in total. The van der Waals surface area contributed by atoms with E-state index in [1.165, 1.54) is 0 Å². The largest absolute Gasteiger partial charge is 0.386 e. The lowest BCUT2D eigenvalue weighted by Crippen LogP contribution is -2.08. The molecule has 0 radical (unpaired) electrons. The Morgan fingerprint density at radius 2 is 2.38 bits per heavy atom. The second-order valence-corrected chi connectivity index (χ2v) is 1.56. The Balaban J connectivity index is 3.33. The predicted octanol–water partition coefficient (Wildman–Crippen LogP) is 1.69. The molecule has 0 heterocycles. The van der Waals surface area contributed by atoms with Gasteiger partial charge >= 0.3 is 0 Å². The molecule has 0 spiro atoms. The van der Waals surface area contributed by atoms with Crippen molar-refractivity contribution in [1.82, 2.24) is 5.32 Å². The first-order valence-electron chi connectivity index (χ1n) is 2.86. The fraction of sp³-hybridized carbons (Fsp3) is 0.429. The van der Waals surface area contributed by atoms with Crippen molar-refractivity contribution in [3.63, 3.8) is 0 Å². The molecule has 0 fully saturated rings. The summed E-state index contributed by atoms with van der Waals surface area (Å²) in [5.41, 5.74) is 0.981. The summed E-state index contributed by atoms with van der Waals surface area (Å²) in [6.45, 7) is 8.71. The van der Waals surface area contributed by atoms with Crippen LogP contribution in [0.4, 0.5) is 0 Å². The van der Waals surface area contributed by atoms with E-state index < -0.39 is 0 Å². The SMILES string of the molecule is C=C(/C=C\C)NCC. The zero-order valence-electron chi connectivity index (χ0n) is 5.57. The number of rotatable bonds is 3. The first-order chi connectivity index (χ1) is 3.81. The third kappa shape index (κ3) is 3.47. The van der Waals surface area contributed by atoms with E-state index in [1.807, 2.05) is 19.1 Å². The maximum absolute atomic E-state index is 3.74. The van der Waals surface area contributed by atoms with Crippen LogP contribution in [-0.4, -0.2) is 6.54 Å². The number of hydrogen-bond donors (Lipinski definition) is 1. The highest BCUT2D eigenvalue weighted by atomic mass is 14.8. The van der Waals surface area contributed by atoms with E-state index in [9.17, 15) is 0 Å². The zero-order valence-corrected chi connectivity index (χ0v) is 5.57. The summed E-state index contributed by atoms with van der Waals surface area (Å²) in [6, 6.07) is 0. The minimum absolute atomic E-state index is 0.948. The smallest absolute Gasteiger partial charge is 0.0263 e. The first kappa shape index (κ1) is 7.28. The Morgan fingerprint density at radius 1 is 1.75 bits per heavy atom. The summed E-state index contributed by atoms with van der Waals surface area (Å²) < 4.78 is 0. The lowest BCUT2D eigenvalue weighted by atomic mass is 10.4. The van der Waals surface area contributed by atoms with E-state index in [-0.39, 0.29) is 0 Å². The van der Waals surface area contributed by atoms with Gasteiger partial charge in [-0.2, -0.15) is 0 Å². The molecule has 8 heavy (non-hydrogen) atoms. The molecule has 0 atom stereocenters. The van der Waals surface area contributed by atoms with Crippen molar-refractivity contribution in [3.8, 4) is 0 Å². The highest BCUT2D eigenvalue weighted by molar-refractivity contribution is 5.10. The van der Waals surface area contributed by atoms with Crippen LogP contribution in [0, 0.1) is 0 Å². The predicted molar refractivity (Wildman–Crippen MR) is 37.6 cm³/mol. The molecule has 0 aliphatic heterocycles. The number of nitrogens with one attached hydrogen (secondary N) is 1. The van der Waals surface area contributed by atoms with E-state index in [4.69, 9.17) is 0 Å². The van der Waals surface area contributed by atoms with Crippen molar-refractivity contribution in [2.24, 2.45) is 0 Å². The number of allylic oxidation sites excluding steroid dienone is 2. The highest BCUT2D eigenvalue weighted by Crippen LogP contribution is 1.83.